The molecule has 0 fully saturated rings. The second-order valence-electron chi connectivity index (χ2n) is 7.61. The molecule has 0 aliphatic carbocycles. The third-order valence-corrected chi connectivity index (χ3v) is 6.90. The molecule has 8 heteroatoms. The van der Waals surface area contributed by atoms with Crippen LogP contribution in [0.25, 0.3) is 0 Å². The summed E-state index contributed by atoms with van der Waals surface area (Å²) in [4.78, 5) is 12.6. The molecule has 0 aromatic heterocycles. The quantitative estimate of drug-likeness (QED) is 0.453. The van der Waals surface area contributed by atoms with Gasteiger partial charge in [0.25, 0.3) is 10.0 Å². The largest absolute Gasteiger partial charge is 0.497 e. The van der Waals surface area contributed by atoms with Gasteiger partial charge in [-0.15, -0.1) is 0 Å². The molecule has 33 heavy (non-hydrogen) atoms. The Kier molecular flexibility index (Phi) is 8.06. The number of carbonyl (C=O) groups is 1. The van der Waals surface area contributed by atoms with E-state index in [1.54, 1.807) is 31.4 Å². The van der Waals surface area contributed by atoms with E-state index in [2.05, 4.69) is 5.32 Å². The molecule has 3 aromatic carbocycles. The molecule has 0 heterocycles. The van der Waals surface area contributed by atoms with E-state index in [1.165, 1.54) is 12.1 Å². The van der Waals surface area contributed by atoms with Gasteiger partial charge in [-0.2, -0.15) is 0 Å². The van der Waals surface area contributed by atoms with Crippen LogP contribution in [-0.2, 0) is 21.2 Å². The van der Waals surface area contributed by atoms with Crippen LogP contribution in [0.1, 0.15) is 17.5 Å². The predicted molar refractivity (Wildman–Crippen MR) is 126 cm³/mol. The number of amides is 1. The van der Waals surface area contributed by atoms with Gasteiger partial charge in [0.1, 0.15) is 18.1 Å². The Bertz CT molecular complexity index is 1180. The first-order valence-corrected chi connectivity index (χ1v) is 12.0. The molecule has 0 aliphatic heterocycles. The predicted octanol–water partition coefficient (Wildman–Crippen LogP) is 4.09. The van der Waals surface area contributed by atoms with Crippen LogP contribution in [0, 0.1) is 12.7 Å². The van der Waals surface area contributed by atoms with Crippen LogP contribution >= 0.6 is 0 Å². The number of hydrogen-bond acceptors (Lipinski definition) is 4. The Morgan fingerprint density at radius 2 is 1.73 bits per heavy atom. The van der Waals surface area contributed by atoms with Crippen molar-refractivity contribution >= 4 is 21.6 Å². The molecule has 1 amide bonds. The summed E-state index contributed by atoms with van der Waals surface area (Å²) in [6, 6.07) is 19.1. The molecule has 0 saturated heterocycles. The lowest BCUT2D eigenvalue weighted by Gasteiger charge is -2.24. The first-order chi connectivity index (χ1) is 15.8. The van der Waals surface area contributed by atoms with Gasteiger partial charge < -0.3 is 10.1 Å². The van der Waals surface area contributed by atoms with Crippen molar-refractivity contribution in [1.29, 1.82) is 0 Å². The Labute approximate surface area is 194 Å². The third kappa shape index (κ3) is 6.55. The number of rotatable bonds is 10. The van der Waals surface area contributed by atoms with Gasteiger partial charge in [-0.3, -0.25) is 9.10 Å². The first kappa shape index (κ1) is 24.3. The molecule has 0 bridgehead atoms. The van der Waals surface area contributed by atoms with Crippen LogP contribution in [-0.4, -0.2) is 34.5 Å². The summed E-state index contributed by atoms with van der Waals surface area (Å²) in [5.41, 5.74) is 2.40. The maximum Gasteiger partial charge on any atom is 0.264 e. The minimum atomic E-state index is -4.07. The van der Waals surface area contributed by atoms with E-state index in [9.17, 15) is 17.6 Å². The van der Waals surface area contributed by atoms with Crippen LogP contribution in [0.2, 0.25) is 0 Å². The number of ether oxygens (including phenoxy) is 1. The van der Waals surface area contributed by atoms with E-state index in [4.69, 9.17) is 4.74 Å². The Morgan fingerprint density at radius 1 is 1.03 bits per heavy atom. The number of nitrogens with zero attached hydrogens (tertiary/aromatic N) is 1. The number of benzene rings is 3. The number of methoxy groups -OCH3 is 1. The van der Waals surface area contributed by atoms with Crippen LogP contribution in [0.5, 0.6) is 5.75 Å². The van der Waals surface area contributed by atoms with Gasteiger partial charge in [-0.25, -0.2) is 12.8 Å². The summed E-state index contributed by atoms with van der Waals surface area (Å²) in [6.07, 6.45) is 1.43. The molecule has 1 N–H and O–H groups in total. The summed E-state index contributed by atoms with van der Waals surface area (Å²) in [5.74, 6) is -0.187. The summed E-state index contributed by atoms with van der Waals surface area (Å²) in [6.45, 7) is 1.90. The second kappa shape index (κ2) is 11.0. The normalized spacial score (nSPS) is 11.1. The molecule has 3 aromatic rings. The number of halogens is 1. The minimum absolute atomic E-state index is 0.0877. The molecule has 0 saturated carbocycles. The molecule has 174 valence electrons. The number of anilines is 1. The molecule has 0 atom stereocenters. The fraction of sp³-hybridized carbons (Fsp3) is 0.240. The van der Waals surface area contributed by atoms with E-state index in [0.717, 1.165) is 39.7 Å². The van der Waals surface area contributed by atoms with Crippen molar-refractivity contribution in [2.24, 2.45) is 0 Å². The van der Waals surface area contributed by atoms with Crippen molar-refractivity contribution in [1.82, 2.24) is 5.32 Å². The highest BCUT2D eigenvalue weighted by atomic mass is 32.2. The smallest absolute Gasteiger partial charge is 0.264 e. The molecule has 6 nitrogen and oxygen atoms in total. The number of hydrogen-bond donors (Lipinski definition) is 1. The van der Waals surface area contributed by atoms with E-state index < -0.39 is 21.7 Å². The minimum Gasteiger partial charge on any atom is -0.497 e. The zero-order valence-corrected chi connectivity index (χ0v) is 19.4. The maximum atomic E-state index is 13.3. The highest BCUT2D eigenvalue weighted by Gasteiger charge is 2.27. The molecule has 0 unspecified atom stereocenters. The van der Waals surface area contributed by atoms with Gasteiger partial charge in [-0.1, -0.05) is 29.8 Å². The molecular weight excluding hydrogens is 443 g/mol. The average molecular weight is 471 g/mol. The summed E-state index contributed by atoms with van der Waals surface area (Å²) >= 11 is 0. The molecule has 0 radical (unpaired) electrons. The first-order valence-electron chi connectivity index (χ1n) is 10.5. The van der Waals surface area contributed by atoms with Crippen LogP contribution in [0.4, 0.5) is 10.1 Å². The summed E-state index contributed by atoms with van der Waals surface area (Å²) in [5, 5.41) is 2.79. The number of aryl methyl sites for hydroxylation is 2. The van der Waals surface area contributed by atoms with Gasteiger partial charge in [0.05, 0.1) is 17.7 Å². The summed E-state index contributed by atoms with van der Waals surface area (Å²) in [7, 11) is -2.46. The standard InChI is InChI=1S/C25H27FN2O4S/c1-19-8-12-22(13-9-19)28(33(30,31)24-14-10-21(26)11-15-24)18-25(29)27-16-4-6-20-5-3-7-23(17-20)32-2/h3,5,7-15,17H,4,6,16,18H2,1-2H3,(H,27,29). The van der Waals surface area contributed by atoms with Crippen LogP contribution < -0.4 is 14.4 Å². The Hall–Kier alpha value is -3.39. The third-order valence-electron chi connectivity index (χ3n) is 5.11. The van der Waals surface area contributed by atoms with E-state index in [1.807, 2.05) is 31.2 Å². The highest BCUT2D eigenvalue weighted by molar-refractivity contribution is 7.92. The van der Waals surface area contributed by atoms with Crippen molar-refractivity contribution in [3.8, 4) is 5.75 Å². The van der Waals surface area contributed by atoms with Crippen molar-refractivity contribution < 1.29 is 22.3 Å². The molecule has 0 aliphatic rings. The van der Waals surface area contributed by atoms with Crippen molar-refractivity contribution in [3.63, 3.8) is 0 Å². The molecular formula is C25H27FN2O4S. The van der Waals surface area contributed by atoms with Crippen molar-refractivity contribution in [2.75, 3.05) is 24.5 Å². The zero-order chi connectivity index (χ0) is 23.8. The Morgan fingerprint density at radius 3 is 2.39 bits per heavy atom. The fourth-order valence-electron chi connectivity index (χ4n) is 3.29. The average Bonchev–Trinajstić information content (AvgIpc) is 2.81. The number of sulfonamides is 1. The molecule has 0 spiro atoms. The monoisotopic (exact) mass is 470 g/mol. The lowest BCUT2D eigenvalue weighted by molar-refractivity contribution is -0.119. The highest BCUT2D eigenvalue weighted by Crippen LogP contribution is 2.24. The lowest BCUT2D eigenvalue weighted by atomic mass is 10.1. The van der Waals surface area contributed by atoms with Gasteiger partial charge in [0.15, 0.2) is 0 Å². The Balaban J connectivity index is 1.68. The van der Waals surface area contributed by atoms with Gasteiger partial charge in [0.2, 0.25) is 5.91 Å². The SMILES string of the molecule is COc1cccc(CCCNC(=O)CN(c2ccc(C)cc2)S(=O)(=O)c2ccc(F)cc2)c1. The van der Waals surface area contributed by atoms with Gasteiger partial charge in [-0.05, 0) is 73.9 Å². The van der Waals surface area contributed by atoms with Crippen molar-refractivity contribution in [3.05, 3.63) is 89.7 Å². The fourth-order valence-corrected chi connectivity index (χ4v) is 4.72. The van der Waals surface area contributed by atoms with E-state index in [0.29, 0.717) is 18.7 Å². The second-order valence-corrected chi connectivity index (χ2v) is 9.47. The number of nitrogens with one attached hydrogen (secondary N) is 1. The lowest BCUT2D eigenvalue weighted by Crippen LogP contribution is -2.41. The maximum absolute atomic E-state index is 13.3. The van der Waals surface area contributed by atoms with Crippen molar-refractivity contribution in [2.45, 2.75) is 24.7 Å². The van der Waals surface area contributed by atoms with E-state index >= 15 is 0 Å². The van der Waals surface area contributed by atoms with Gasteiger partial charge >= 0.3 is 0 Å². The topological polar surface area (TPSA) is 75.7 Å². The van der Waals surface area contributed by atoms with Gasteiger partial charge in [0, 0.05) is 6.54 Å². The zero-order valence-electron chi connectivity index (χ0n) is 18.6. The van der Waals surface area contributed by atoms with E-state index in [-0.39, 0.29) is 11.4 Å². The van der Waals surface area contributed by atoms with Crippen LogP contribution in [0.15, 0.2) is 77.7 Å². The molecule has 3 rings (SSSR count). The van der Waals surface area contributed by atoms with Crippen LogP contribution in [0.3, 0.4) is 0 Å². The summed E-state index contributed by atoms with van der Waals surface area (Å²) < 4.78 is 46.1. The number of carbonyl (C=O) groups excluding carboxylic acids is 1.